The summed E-state index contributed by atoms with van der Waals surface area (Å²) >= 11 is 0. The van der Waals surface area contributed by atoms with Crippen LogP contribution in [0.2, 0.25) is 0 Å². The molecule has 0 aliphatic heterocycles. The van der Waals surface area contributed by atoms with Gasteiger partial charge >= 0.3 is 0 Å². The monoisotopic (exact) mass is 388 g/mol. The highest BCUT2D eigenvalue weighted by Crippen LogP contribution is 2.30. The molecule has 2 aromatic heterocycles. The zero-order valence-electron chi connectivity index (χ0n) is 16.7. The van der Waals surface area contributed by atoms with E-state index >= 15 is 0 Å². The van der Waals surface area contributed by atoms with Gasteiger partial charge in [-0.25, -0.2) is 9.67 Å². The Morgan fingerprint density at radius 3 is 2.34 bits per heavy atom. The first-order chi connectivity index (χ1) is 14.0. The standard InChI is InChI=1S/C21H24N8/c1-13(2)21-23-19(14(3)22)26-29(21)12-15-8-10-16(11-9-15)17-6-4-5-7-18(17)20-24-27-28-25-20/h4-11,13-14H,12,22H2,1-3H3,(H,24,25,27,28). The highest BCUT2D eigenvalue weighted by atomic mass is 15.5. The summed E-state index contributed by atoms with van der Waals surface area (Å²) in [5.41, 5.74) is 10.2. The predicted molar refractivity (Wildman–Crippen MR) is 111 cm³/mol. The minimum absolute atomic E-state index is 0.183. The normalized spacial score (nSPS) is 12.4. The Morgan fingerprint density at radius 1 is 1.00 bits per heavy atom. The second-order valence-electron chi connectivity index (χ2n) is 7.41. The number of rotatable bonds is 6. The molecule has 2 aromatic carbocycles. The summed E-state index contributed by atoms with van der Waals surface area (Å²) < 4.78 is 1.95. The number of nitrogens with two attached hydrogens (primary N) is 1. The van der Waals surface area contributed by atoms with Gasteiger partial charge in [-0.2, -0.15) is 10.3 Å². The van der Waals surface area contributed by atoms with Gasteiger partial charge in [-0.05, 0) is 28.8 Å². The number of tetrazole rings is 1. The number of hydrogen-bond acceptors (Lipinski definition) is 6. The van der Waals surface area contributed by atoms with E-state index in [1.54, 1.807) is 0 Å². The molecule has 1 atom stereocenters. The van der Waals surface area contributed by atoms with Crippen LogP contribution >= 0.6 is 0 Å². The van der Waals surface area contributed by atoms with Gasteiger partial charge in [0.2, 0.25) is 5.82 Å². The number of aromatic amines is 1. The maximum atomic E-state index is 5.97. The summed E-state index contributed by atoms with van der Waals surface area (Å²) in [6.07, 6.45) is 0. The number of benzene rings is 2. The Hall–Kier alpha value is -3.39. The fourth-order valence-electron chi connectivity index (χ4n) is 3.28. The van der Waals surface area contributed by atoms with Crippen molar-refractivity contribution in [3.63, 3.8) is 0 Å². The maximum Gasteiger partial charge on any atom is 0.205 e. The number of nitrogens with one attached hydrogen (secondary N) is 1. The lowest BCUT2D eigenvalue weighted by Crippen LogP contribution is -2.09. The van der Waals surface area contributed by atoms with Crippen LogP contribution in [0.15, 0.2) is 48.5 Å². The SMILES string of the molecule is CC(C)c1nc(C(C)N)nn1Cc1ccc(-c2ccccc2-c2nn[nH]n2)cc1. The van der Waals surface area contributed by atoms with Crippen molar-refractivity contribution < 1.29 is 0 Å². The van der Waals surface area contributed by atoms with E-state index in [1.165, 1.54) is 0 Å². The van der Waals surface area contributed by atoms with Crippen molar-refractivity contribution in [3.05, 3.63) is 65.7 Å². The molecule has 29 heavy (non-hydrogen) atoms. The van der Waals surface area contributed by atoms with Crippen LogP contribution in [0.4, 0.5) is 0 Å². The van der Waals surface area contributed by atoms with E-state index in [0.717, 1.165) is 28.1 Å². The topological polar surface area (TPSA) is 111 Å². The van der Waals surface area contributed by atoms with Gasteiger partial charge in [0.05, 0.1) is 12.6 Å². The summed E-state index contributed by atoms with van der Waals surface area (Å²) in [4.78, 5) is 4.61. The third kappa shape index (κ3) is 3.93. The number of aromatic nitrogens is 7. The second kappa shape index (κ2) is 7.92. The maximum absolute atomic E-state index is 5.97. The molecule has 0 aliphatic carbocycles. The van der Waals surface area contributed by atoms with E-state index in [0.29, 0.717) is 18.2 Å². The van der Waals surface area contributed by atoms with Gasteiger partial charge in [-0.1, -0.05) is 62.4 Å². The van der Waals surface area contributed by atoms with Gasteiger partial charge in [-0.3, -0.25) is 0 Å². The number of H-pyrrole nitrogens is 1. The van der Waals surface area contributed by atoms with E-state index in [-0.39, 0.29) is 12.0 Å². The Morgan fingerprint density at radius 2 is 1.72 bits per heavy atom. The summed E-state index contributed by atoms with van der Waals surface area (Å²) in [6, 6.07) is 16.3. The molecule has 2 heterocycles. The minimum Gasteiger partial charge on any atom is -0.321 e. The number of nitrogens with zero attached hydrogens (tertiary/aromatic N) is 6. The summed E-state index contributed by atoms with van der Waals surface area (Å²) in [5, 5.41) is 19.0. The molecule has 3 N–H and O–H groups in total. The Bertz CT molecular complexity index is 1080. The third-order valence-corrected chi connectivity index (χ3v) is 4.75. The van der Waals surface area contributed by atoms with Crippen LogP contribution in [-0.4, -0.2) is 35.4 Å². The molecule has 148 valence electrons. The average molecular weight is 388 g/mol. The van der Waals surface area contributed by atoms with Crippen molar-refractivity contribution in [2.45, 2.75) is 39.3 Å². The lowest BCUT2D eigenvalue weighted by Gasteiger charge is -2.10. The van der Waals surface area contributed by atoms with E-state index in [9.17, 15) is 0 Å². The molecule has 0 amide bonds. The second-order valence-corrected chi connectivity index (χ2v) is 7.41. The van der Waals surface area contributed by atoms with E-state index in [2.05, 4.69) is 74.9 Å². The van der Waals surface area contributed by atoms with E-state index in [4.69, 9.17) is 5.73 Å². The molecule has 0 saturated carbocycles. The van der Waals surface area contributed by atoms with Crippen molar-refractivity contribution >= 4 is 0 Å². The molecular weight excluding hydrogens is 364 g/mol. The molecular formula is C21H24N8. The van der Waals surface area contributed by atoms with Crippen LogP contribution in [0, 0.1) is 0 Å². The van der Waals surface area contributed by atoms with Gasteiger partial charge < -0.3 is 5.73 Å². The quantitative estimate of drug-likeness (QED) is 0.524. The van der Waals surface area contributed by atoms with Gasteiger partial charge in [-0.15, -0.1) is 10.2 Å². The molecule has 0 radical (unpaired) electrons. The molecule has 0 spiro atoms. The molecule has 1 unspecified atom stereocenters. The first-order valence-corrected chi connectivity index (χ1v) is 9.65. The van der Waals surface area contributed by atoms with E-state index in [1.807, 2.05) is 29.8 Å². The summed E-state index contributed by atoms with van der Waals surface area (Å²) in [5.74, 6) is 2.48. The van der Waals surface area contributed by atoms with Crippen LogP contribution in [0.1, 0.15) is 49.9 Å². The van der Waals surface area contributed by atoms with Gasteiger partial charge in [0.15, 0.2) is 5.82 Å². The lowest BCUT2D eigenvalue weighted by atomic mass is 9.98. The van der Waals surface area contributed by atoms with Crippen LogP contribution < -0.4 is 5.73 Å². The van der Waals surface area contributed by atoms with Crippen LogP contribution in [0.3, 0.4) is 0 Å². The molecule has 4 aromatic rings. The minimum atomic E-state index is -0.183. The van der Waals surface area contributed by atoms with Crippen LogP contribution in [0.25, 0.3) is 22.5 Å². The van der Waals surface area contributed by atoms with Crippen LogP contribution in [0.5, 0.6) is 0 Å². The van der Waals surface area contributed by atoms with Crippen molar-refractivity contribution in [1.82, 2.24) is 35.4 Å². The third-order valence-electron chi connectivity index (χ3n) is 4.75. The number of hydrogen-bond donors (Lipinski definition) is 2. The van der Waals surface area contributed by atoms with Crippen LogP contribution in [-0.2, 0) is 6.54 Å². The lowest BCUT2D eigenvalue weighted by molar-refractivity contribution is 0.599. The highest BCUT2D eigenvalue weighted by Gasteiger charge is 2.16. The largest absolute Gasteiger partial charge is 0.321 e. The Labute approximate surface area is 169 Å². The summed E-state index contributed by atoms with van der Waals surface area (Å²) in [6.45, 7) is 6.78. The van der Waals surface area contributed by atoms with E-state index < -0.39 is 0 Å². The first-order valence-electron chi connectivity index (χ1n) is 9.65. The van der Waals surface area contributed by atoms with Crippen molar-refractivity contribution in [2.75, 3.05) is 0 Å². The zero-order valence-corrected chi connectivity index (χ0v) is 16.7. The molecule has 4 rings (SSSR count). The average Bonchev–Trinajstić information content (AvgIpc) is 3.39. The Balaban J connectivity index is 1.62. The fourth-order valence-corrected chi connectivity index (χ4v) is 3.28. The predicted octanol–water partition coefficient (Wildman–Crippen LogP) is 3.32. The van der Waals surface area contributed by atoms with Crippen molar-refractivity contribution in [1.29, 1.82) is 0 Å². The molecule has 0 bridgehead atoms. The molecule has 0 aliphatic rings. The molecule has 8 nitrogen and oxygen atoms in total. The van der Waals surface area contributed by atoms with Gasteiger partial charge in [0.25, 0.3) is 0 Å². The fraction of sp³-hybridized carbons (Fsp3) is 0.286. The van der Waals surface area contributed by atoms with Gasteiger partial charge in [0.1, 0.15) is 5.82 Å². The molecule has 8 heteroatoms. The van der Waals surface area contributed by atoms with Crippen molar-refractivity contribution in [2.24, 2.45) is 5.73 Å². The Kier molecular flexibility index (Phi) is 5.18. The highest BCUT2D eigenvalue weighted by molar-refractivity contribution is 5.80. The molecule has 0 fully saturated rings. The van der Waals surface area contributed by atoms with Crippen molar-refractivity contribution in [3.8, 4) is 22.5 Å². The zero-order chi connectivity index (χ0) is 20.4. The summed E-state index contributed by atoms with van der Waals surface area (Å²) in [7, 11) is 0. The first kappa shape index (κ1) is 18.9. The smallest absolute Gasteiger partial charge is 0.205 e. The molecule has 0 saturated heterocycles. The van der Waals surface area contributed by atoms with Gasteiger partial charge in [0, 0.05) is 11.5 Å².